The fraction of sp³-hybridized carbons (Fsp3) is 0.333. The summed E-state index contributed by atoms with van der Waals surface area (Å²) in [4.78, 5) is 22.5. The SMILES string of the molecule is COc1ccc2cc(CN3CCN(C)C(=O)[C@H]3C)c(-c3cccs3)nc2c1. The average molecular weight is 382 g/mol. The van der Waals surface area contributed by atoms with Crippen molar-refractivity contribution in [3.05, 3.63) is 47.3 Å². The molecule has 5 nitrogen and oxygen atoms in total. The second-order valence-corrected chi connectivity index (χ2v) is 7.89. The van der Waals surface area contributed by atoms with Crippen LogP contribution in [0.1, 0.15) is 12.5 Å². The molecule has 0 bridgehead atoms. The summed E-state index contributed by atoms with van der Waals surface area (Å²) < 4.78 is 5.35. The highest BCUT2D eigenvalue weighted by atomic mass is 32.1. The first-order chi connectivity index (χ1) is 13.1. The van der Waals surface area contributed by atoms with Crippen molar-refractivity contribution in [3.8, 4) is 16.3 Å². The number of thiophene rings is 1. The minimum absolute atomic E-state index is 0.119. The van der Waals surface area contributed by atoms with Crippen LogP contribution in [0.3, 0.4) is 0 Å². The first-order valence-corrected chi connectivity index (χ1v) is 9.95. The smallest absolute Gasteiger partial charge is 0.239 e. The van der Waals surface area contributed by atoms with Crippen LogP contribution in [0.15, 0.2) is 41.8 Å². The Morgan fingerprint density at radius 1 is 1.26 bits per heavy atom. The Morgan fingerprint density at radius 3 is 2.85 bits per heavy atom. The molecule has 27 heavy (non-hydrogen) atoms. The molecular weight excluding hydrogens is 358 g/mol. The zero-order valence-corrected chi connectivity index (χ0v) is 16.6. The first-order valence-electron chi connectivity index (χ1n) is 9.07. The topological polar surface area (TPSA) is 45.7 Å². The molecule has 3 heterocycles. The van der Waals surface area contributed by atoms with Crippen molar-refractivity contribution < 1.29 is 9.53 Å². The molecule has 0 spiro atoms. The summed E-state index contributed by atoms with van der Waals surface area (Å²) in [6, 6.07) is 12.2. The number of amides is 1. The molecule has 1 aliphatic heterocycles. The molecule has 0 aliphatic carbocycles. The molecule has 0 radical (unpaired) electrons. The number of aromatic nitrogens is 1. The van der Waals surface area contributed by atoms with E-state index >= 15 is 0 Å². The van der Waals surface area contributed by atoms with Gasteiger partial charge in [-0.3, -0.25) is 9.69 Å². The summed E-state index contributed by atoms with van der Waals surface area (Å²) >= 11 is 1.69. The second-order valence-electron chi connectivity index (χ2n) is 6.94. The third kappa shape index (κ3) is 3.42. The number of ether oxygens (including phenoxy) is 1. The van der Waals surface area contributed by atoms with E-state index in [1.54, 1.807) is 18.4 Å². The van der Waals surface area contributed by atoms with Crippen LogP contribution in [-0.4, -0.2) is 54.0 Å². The van der Waals surface area contributed by atoms with Crippen molar-refractivity contribution in [1.29, 1.82) is 0 Å². The molecule has 2 aromatic heterocycles. The Hall–Kier alpha value is -2.44. The van der Waals surface area contributed by atoms with Gasteiger partial charge in [0.05, 0.1) is 29.2 Å². The summed E-state index contributed by atoms with van der Waals surface area (Å²) in [5, 5.41) is 3.15. The third-order valence-corrected chi connectivity index (χ3v) is 6.11. The van der Waals surface area contributed by atoms with Gasteiger partial charge in [0.2, 0.25) is 5.91 Å². The summed E-state index contributed by atoms with van der Waals surface area (Å²) in [5.74, 6) is 0.982. The van der Waals surface area contributed by atoms with E-state index in [-0.39, 0.29) is 11.9 Å². The predicted octanol–water partition coefficient (Wildman–Crippen LogP) is 3.63. The maximum Gasteiger partial charge on any atom is 0.239 e. The zero-order valence-electron chi connectivity index (χ0n) is 15.8. The molecule has 0 N–H and O–H groups in total. The standard InChI is InChI=1S/C21H23N3O2S/c1-14-21(25)23(2)8-9-24(14)13-16-11-15-6-7-17(26-3)12-18(15)22-20(16)19-5-4-10-27-19/h4-7,10-12,14H,8-9,13H2,1-3H3/t14-/m1/s1. The maximum absolute atomic E-state index is 12.4. The number of rotatable bonds is 4. The van der Waals surface area contributed by atoms with Crippen LogP contribution in [0.5, 0.6) is 5.75 Å². The van der Waals surface area contributed by atoms with Gasteiger partial charge in [-0.05, 0) is 42.1 Å². The van der Waals surface area contributed by atoms with E-state index < -0.39 is 0 Å². The molecule has 3 aromatic rings. The first kappa shape index (κ1) is 17.9. The van der Waals surface area contributed by atoms with Gasteiger partial charge in [0.1, 0.15) is 5.75 Å². The maximum atomic E-state index is 12.4. The van der Waals surface area contributed by atoms with Crippen molar-refractivity contribution in [2.24, 2.45) is 0 Å². The highest BCUT2D eigenvalue weighted by molar-refractivity contribution is 7.13. The Bertz CT molecular complexity index is 971. The van der Waals surface area contributed by atoms with Crippen molar-refractivity contribution in [1.82, 2.24) is 14.8 Å². The highest BCUT2D eigenvalue weighted by Gasteiger charge is 2.30. The third-order valence-electron chi connectivity index (χ3n) is 5.24. The Morgan fingerprint density at radius 2 is 2.11 bits per heavy atom. The minimum atomic E-state index is -0.119. The zero-order chi connectivity index (χ0) is 19.0. The number of pyridine rings is 1. The number of hydrogen-bond acceptors (Lipinski definition) is 5. The predicted molar refractivity (Wildman–Crippen MR) is 109 cm³/mol. The molecule has 1 fully saturated rings. The molecule has 1 atom stereocenters. The highest BCUT2D eigenvalue weighted by Crippen LogP contribution is 2.32. The minimum Gasteiger partial charge on any atom is -0.497 e. The van der Waals surface area contributed by atoms with Gasteiger partial charge < -0.3 is 9.64 Å². The number of hydrogen-bond donors (Lipinski definition) is 0. The van der Waals surface area contributed by atoms with E-state index in [0.717, 1.165) is 45.9 Å². The largest absolute Gasteiger partial charge is 0.497 e. The van der Waals surface area contributed by atoms with Gasteiger partial charge in [0, 0.05) is 38.1 Å². The van der Waals surface area contributed by atoms with Crippen LogP contribution in [-0.2, 0) is 11.3 Å². The van der Waals surface area contributed by atoms with Gasteiger partial charge in [0.15, 0.2) is 0 Å². The number of methoxy groups -OCH3 is 1. The van der Waals surface area contributed by atoms with Crippen LogP contribution in [0.25, 0.3) is 21.5 Å². The van der Waals surface area contributed by atoms with Crippen LogP contribution in [0.2, 0.25) is 0 Å². The Kier molecular flexibility index (Phi) is 4.85. The lowest BCUT2D eigenvalue weighted by molar-refractivity contribution is -0.139. The molecular formula is C21H23N3O2S. The van der Waals surface area contributed by atoms with Crippen molar-refractivity contribution in [2.45, 2.75) is 19.5 Å². The number of fused-ring (bicyclic) bond motifs is 1. The lowest BCUT2D eigenvalue weighted by Gasteiger charge is -2.37. The molecule has 6 heteroatoms. The van der Waals surface area contributed by atoms with Crippen LogP contribution in [0.4, 0.5) is 0 Å². The Balaban J connectivity index is 1.76. The Labute approximate surface area is 163 Å². The summed E-state index contributed by atoms with van der Waals surface area (Å²) in [7, 11) is 3.54. The molecule has 1 saturated heterocycles. The van der Waals surface area contributed by atoms with E-state index in [1.807, 2.05) is 43.1 Å². The van der Waals surface area contributed by atoms with E-state index in [4.69, 9.17) is 9.72 Å². The van der Waals surface area contributed by atoms with Crippen LogP contribution < -0.4 is 4.74 Å². The molecule has 0 saturated carbocycles. The van der Waals surface area contributed by atoms with Gasteiger partial charge in [-0.15, -0.1) is 11.3 Å². The number of benzene rings is 1. The fourth-order valence-electron chi connectivity index (χ4n) is 3.56. The normalized spacial score (nSPS) is 18.3. The molecule has 140 valence electrons. The van der Waals surface area contributed by atoms with E-state index in [0.29, 0.717) is 6.54 Å². The average Bonchev–Trinajstić information content (AvgIpc) is 3.22. The van der Waals surface area contributed by atoms with Crippen molar-refractivity contribution in [3.63, 3.8) is 0 Å². The summed E-state index contributed by atoms with van der Waals surface area (Å²) in [6.45, 7) is 4.33. The lowest BCUT2D eigenvalue weighted by atomic mass is 10.1. The van der Waals surface area contributed by atoms with Crippen LogP contribution >= 0.6 is 11.3 Å². The number of likely N-dealkylation sites (N-methyl/N-ethyl adjacent to an activating group) is 1. The quantitative estimate of drug-likeness (QED) is 0.692. The molecule has 1 aromatic carbocycles. The number of nitrogens with zero attached hydrogens (tertiary/aromatic N) is 3. The van der Waals surface area contributed by atoms with Crippen LogP contribution in [0, 0.1) is 0 Å². The summed E-state index contributed by atoms with van der Waals surface area (Å²) in [5.41, 5.74) is 3.06. The van der Waals surface area contributed by atoms with Gasteiger partial charge in [-0.2, -0.15) is 0 Å². The lowest BCUT2D eigenvalue weighted by Crippen LogP contribution is -2.53. The van der Waals surface area contributed by atoms with Gasteiger partial charge in [-0.1, -0.05) is 6.07 Å². The molecule has 1 amide bonds. The monoisotopic (exact) mass is 381 g/mol. The summed E-state index contributed by atoms with van der Waals surface area (Å²) in [6.07, 6.45) is 0. The van der Waals surface area contributed by atoms with E-state index in [2.05, 4.69) is 22.4 Å². The van der Waals surface area contributed by atoms with Gasteiger partial charge >= 0.3 is 0 Å². The number of piperazine rings is 1. The molecule has 4 rings (SSSR count). The van der Waals surface area contributed by atoms with E-state index in [9.17, 15) is 4.79 Å². The number of carbonyl (C=O) groups is 1. The fourth-order valence-corrected chi connectivity index (χ4v) is 4.31. The van der Waals surface area contributed by atoms with Gasteiger partial charge in [-0.25, -0.2) is 4.98 Å². The molecule has 1 aliphatic rings. The van der Waals surface area contributed by atoms with E-state index in [1.165, 1.54) is 0 Å². The van der Waals surface area contributed by atoms with Crippen molar-refractivity contribution >= 4 is 28.1 Å². The van der Waals surface area contributed by atoms with Gasteiger partial charge in [0.25, 0.3) is 0 Å². The second kappa shape index (κ2) is 7.29. The molecule has 0 unspecified atom stereocenters. The number of carbonyl (C=O) groups excluding carboxylic acids is 1. The van der Waals surface area contributed by atoms with Crippen molar-refractivity contribution in [2.75, 3.05) is 27.2 Å².